The van der Waals surface area contributed by atoms with Crippen molar-refractivity contribution in [2.75, 3.05) is 13.7 Å². The lowest BCUT2D eigenvalue weighted by molar-refractivity contribution is 0.0681. The van der Waals surface area contributed by atoms with E-state index < -0.39 is 0 Å². The van der Waals surface area contributed by atoms with Crippen LogP contribution in [0.5, 0.6) is 0 Å². The summed E-state index contributed by atoms with van der Waals surface area (Å²) in [4.78, 5) is 17.4. The summed E-state index contributed by atoms with van der Waals surface area (Å²) >= 11 is 3.22. The van der Waals surface area contributed by atoms with Crippen molar-refractivity contribution in [3.05, 3.63) is 28.5 Å². The summed E-state index contributed by atoms with van der Waals surface area (Å²) in [5, 5.41) is 8.95. The highest BCUT2D eigenvalue weighted by atomic mass is 79.9. The van der Waals surface area contributed by atoms with Crippen molar-refractivity contribution in [3.8, 4) is 0 Å². The summed E-state index contributed by atoms with van der Waals surface area (Å²) in [7, 11) is 1.66. The fourth-order valence-corrected chi connectivity index (χ4v) is 1.48. The Hall–Kier alpha value is -0.940. The largest absolute Gasteiger partial charge is 0.394 e. The number of pyridine rings is 1. The standard InChI is InChI=1S/C10H13BrN2O2/c1-7(6-14)13(2)10(15)8-4-3-5-12-9(8)11/h3-5,7,14H,6H2,1-2H3. The van der Waals surface area contributed by atoms with E-state index in [1.807, 2.05) is 0 Å². The molecule has 0 bridgehead atoms. The Kier molecular flexibility index (Phi) is 4.23. The van der Waals surface area contributed by atoms with Crippen molar-refractivity contribution in [1.82, 2.24) is 9.88 Å². The number of aliphatic hydroxyl groups is 1. The third-order valence-electron chi connectivity index (χ3n) is 2.24. The highest BCUT2D eigenvalue weighted by Crippen LogP contribution is 2.15. The quantitative estimate of drug-likeness (QED) is 0.844. The molecule has 0 fully saturated rings. The molecule has 5 heteroatoms. The minimum Gasteiger partial charge on any atom is -0.394 e. The number of halogens is 1. The van der Waals surface area contributed by atoms with Gasteiger partial charge in [0, 0.05) is 13.2 Å². The zero-order valence-electron chi connectivity index (χ0n) is 8.64. The molecule has 1 aromatic heterocycles. The Balaban J connectivity index is 2.90. The first-order valence-electron chi connectivity index (χ1n) is 4.56. The molecule has 0 saturated carbocycles. The van der Waals surface area contributed by atoms with Gasteiger partial charge in [-0.1, -0.05) is 0 Å². The van der Waals surface area contributed by atoms with Gasteiger partial charge in [0.25, 0.3) is 5.91 Å². The van der Waals surface area contributed by atoms with E-state index in [-0.39, 0.29) is 18.6 Å². The molecule has 4 nitrogen and oxygen atoms in total. The zero-order valence-corrected chi connectivity index (χ0v) is 10.2. The van der Waals surface area contributed by atoms with Gasteiger partial charge < -0.3 is 10.0 Å². The Morgan fingerprint density at radius 2 is 2.40 bits per heavy atom. The summed E-state index contributed by atoms with van der Waals surface area (Å²) in [5.41, 5.74) is 0.500. The maximum atomic E-state index is 11.9. The monoisotopic (exact) mass is 272 g/mol. The molecule has 0 saturated heterocycles. The molecule has 0 aliphatic heterocycles. The molecule has 0 radical (unpaired) electrons. The average molecular weight is 273 g/mol. The van der Waals surface area contributed by atoms with Gasteiger partial charge in [-0.2, -0.15) is 0 Å². The number of rotatable bonds is 3. The van der Waals surface area contributed by atoms with Gasteiger partial charge in [-0.3, -0.25) is 4.79 Å². The number of likely N-dealkylation sites (N-methyl/N-ethyl adjacent to an activating group) is 1. The maximum Gasteiger partial charge on any atom is 0.256 e. The minimum atomic E-state index is -0.204. The van der Waals surface area contributed by atoms with E-state index in [0.717, 1.165) is 0 Å². The van der Waals surface area contributed by atoms with Crippen molar-refractivity contribution in [3.63, 3.8) is 0 Å². The Bertz CT molecular complexity index is 357. The predicted octanol–water partition coefficient (Wildman–Crippen LogP) is 1.30. The van der Waals surface area contributed by atoms with Crippen LogP contribution < -0.4 is 0 Å². The Morgan fingerprint density at radius 3 is 2.93 bits per heavy atom. The molecule has 0 aliphatic rings. The first-order chi connectivity index (χ1) is 7.07. The molecule has 82 valence electrons. The smallest absolute Gasteiger partial charge is 0.256 e. The van der Waals surface area contributed by atoms with Crippen molar-refractivity contribution in [2.45, 2.75) is 13.0 Å². The Morgan fingerprint density at radius 1 is 1.73 bits per heavy atom. The molecule has 15 heavy (non-hydrogen) atoms. The summed E-state index contributed by atoms with van der Waals surface area (Å²) in [6.07, 6.45) is 1.61. The average Bonchev–Trinajstić information content (AvgIpc) is 2.26. The third-order valence-corrected chi connectivity index (χ3v) is 2.87. The molecule has 1 aromatic rings. The number of carbonyl (C=O) groups is 1. The molecular weight excluding hydrogens is 260 g/mol. The number of carbonyl (C=O) groups excluding carboxylic acids is 1. The number of amides is 1. The van der Waals surface area contributed by atoms with Crippen LogP contribution in [0.25, 0.3) is 0 Å². The lowest BCUT2D eigenvalue weighted by Crippen LogP contribution is -2.37. The molecule has 1 rings (SSSR count). The first-order valence-corrected chi connectivity index (χ1v) is 5.35. The van der Waals surface area contributed by atoms with Crippen LogP contribution in [-0.4, -0.2) is 40.6 Å². The fraction of sp³-hybridized carbons (Fsp3) is 0.400. The lowest BCUT2D eigenvalue weighted by Gasteiger charge is -2.23. The van der Waals surface area contributed by atoms with Gasteiger partial charge >= 0.3 is 0 Å². The summed E-state index contributed by atoms with van der Waals surface area (Å²) < 4.78 is 0.520. The predicted molar refractivity (Wildman–Crippen MR) is 60.6 cm³/mol. The number of hydrogen-bond acceptors (Lipinski definition) is 3. The SMILES string of the molecule is CC(CO)N(C)C(=O)c1cccnc1Br. The van der Waals surface area contributed by atoms with E-state index in [1.165, 1.54) is 4.90 Å². The van der Waals surface area contributed by atoms with Crippen LogP contribution in [0.15, 0.2) is 22.9 Å². The summed E-state index contributed by atoms with van der Waals surface area (Å²) in [6.45, 7) is 1.72. The van der Waals surface area contributed by atoms with Gasteiger partial charge in [-0.05, 0) is 35.0 Å². The molecule has 1 unspecified atom stereocenters. The Labute approximate surface area is 97.1 Å². The van der Waals surface area contributed by atoms with Crippen molar-refractivity contribution < 1.29 is 9.90 Å². The minimum absolute atomic E-state index is 0.0554. The molecular formula is C10H13BrN2O2. The molecule has 0 aromatic carbocycles. The normalized spacial score (nSPS) is 12.3. The lowest BCUT2D eigenvalue weighted by atomic mass is 10.2. The third kappa shape index (κ3) is 2.76. The zero-order chi connectivity index (χ0) is 11.4. The molecule has 1 heterocycles. The van der Waals surface area contributed by atoms with E-state index in [0.29, 0.717) is 10.2 Å². The summed E-state index contributed by atoms with van der Waals surface area (Å²) in [6, 6.07) is 3.19. The van der Waals surface area contributed by atoms with Crippen molar-refractivity contribution >= 4 is 21.8 Å². The second-order valence-electron chi connectivity index (χ2n) is 3.29. The van der Waals surface area contributed by atoms with Crippen LogP contribution in [0.3, 0.4) is 0 Å². The second-order valence-corrected chi connectivity index (χ2v) is 4.04. The van der Waals surface area contributed by atoms with E-state index >= 15 is 0 Å². The molecule has 0 spiro atoms. The van der Waals surface area contributed by atoms with Crippen LogP contribution in [0.4, 0.5) is 0 Å². The second kappa shape index (κ2) is 5.23. The van der Waals surface area contributed by atoms with Crippen LogP contribution in [0.1, 0.15) is 17.3 Å². The van der Waals surface area contributed by atoms with Gasteiger partial charge in [-0.15, -0.1) is 0 Å². The molecule has 0 aliphatic carbocycles. The molecule has 1 amide bonds. The summed E-state index contributed by atoms with van der Waals surface area (Å²) in [5.74, 6) is -0.156. The van der Waals surface area contributed by atoms with E-state index in [4.69, 9.17) is 5.11 Å². The highest BCUT2D eigenvalue weighted by Gasteiger charge is 2.18. The van der Waals surface area contributed by atoms with Gasteiger partial charge in [0.15, 0.2) is 0 Å². The van der Waals surface area contributed by atoms with Gasteiger partial charge in [-0.25, -0.2) is 4.98 Å². The van der Waals surface area contributed by atoms with Gasteiger partial charge in [0.05, 0.1) is 18.2 Å². The van der Waals surface area contributed by atoms with Crippen molar-refractivity contribution in [1.29, 1.82) is 0 Å². The van der Waals surface area contributed by atoms with E-state index in [1.54, 1.807) is 32.3 Å². The number of aliphatic hydroxyl groups excluding tert-OH is 1. The van der Waals surface area contributed by atoms with Crippen molar-refractivity contribution in [2.24, 2.45) is 0 Å². The van der Waals surface area contributed by atoms with Crippen LogP contribution in [-0.2, 0) is 0 Å². The number of nitrogens with zero attached hydrogens (tertiary/aromatic N) is 2. The van der Waals surface area contributed by atoms with Crippen LogP contribution >= 0.6 is 15.9 Å². The topological polar surface area (TPSA) is 53.4 Å². The van der Waals surface area contributed by atoms with Crippen LogP contribution in [0.2, 0.25) is 0 Å². The number of hydrogen-bond donors (Lipinski definition) is 1. The first kappa shape index (κ1) is 12.1. The highest BCUT2D eigenvalue weighted by molar-refractivity contribution is 9.10. The van der Waals surface area contributed by atoms with Gasteiger partial charge in [0.2, 0.25) is 0 Å². The van der Waals surface area contributed by atoms with E-state index in [2.05, 4.69) is 20.9 Å². The fourth-order valence-electron chi connectivity index (χ4n) is 1.06. The molecule has 1 N–H and O–H groups in total. The van der Waals surface area contributed by atoms with E-state index in [9.17, 15) is 4.79 Å². The van der Waals surface area contributed by atoms with Crippen LogP contribution in [0, 0.1) is 0 Å². The molecule has 1 atom stereocenters. The number of aromatic nitrogens is 1. The maximum absolute atomic E-state index is 11.9. The van der Waals surface area contributed by atoms with Gasteiger partial charge in [0.1, 0.15) is 4.60 Å².